The van der Waals surface area contributed by atoms with E-state index in [1.165, 1.54) is 0 Å². The van der Waals surface area contributed by atoms with E-state index in [1.807, 2.05) is 35.7 Å². The molecule has 27 heavy (non-hydrogen) atoms. The minimum Gasteiger partial charge on any atom is -0.481 e. The lowest BCUT2D eigenvalue weighted by Crippen LogP contribution is -2.26. The minimum absolute atomic E-state index is 0.00307. The van der Waals surface area contributed by atoms with E-state index in [2.05, 4.69) is 19.1 Å². The molecule has 0 saturated heterocycles. The molecule has 0 bridgehead atoms. The molecular weight excluding hydrogens is 338 g/mol. The topological polar surface area (TPSA) is 46.8 Å². The first kappa shape index (κ1) is 17.6. The van der Waals surface area contributed by atoms with E-state index < -0.39 is 0 Å². The molecule has 3 heterocycles. The molecule has 1 aliphatic heterocycles. The van der Waals surface area contributed by atoms with Gasteiger partial charge in [0, 0.05) is 31.5 Å². The van der Waals surface area contributed by atoms with Crippen LogP contribution in [0.3, 0.4) is 0 Å². The van der Waals surface area contributed by atoms with Gasteiger partial charge in [0.05, 0.1) is 11.3 Å². The molecule has 4 rings (SSSR count). The van der Waals surface area contributed by atoms with Gasteiger partial charge in [-0.1, -0.05) is 37.3 Å². The normalized spacial score (nSPS) is 16.1. The Morgan fingerprint density at radius 3 is 2.70 bits per heavy atom. The molecule has 0 N–H and O–H groups in total. The predicted octanol–water partition coefficient (Wildman–Crippen LogP) is 3.97. The molecule has 1 amide bonds. The summed E-state index contributed by atoms with van der Waals surface area (Å²) >= 11 is 0. The number of ether oxygens (including phenoxy) is 1. The molecule has 0 aliphatic carbocycles. The summed E-state index contributed by atoms with van der Waals surface area (Å²) in [5.74, 6) is 0.758. The summed E-state index contributed by atoms with van der Waals surface area (Å²) < 4.78 is 8.50. The van der Waals surface area contributed by atoms with Crippen molar-refractivity contribution in [1.29, 1.82) is 0 Å². The van der Waals surface area contributed by atoms with Crippen LogP contribution in [0.5, 0.6) is 5.75 Å². The Morgan fingerprint density at radius 2 is 2.04 bits per heavy atom. The first-order valence-electron chi connectivity index (χ1n) is 9.48. The number of hydrogen-bond acceptors (Lipinski definition) is 3. The van der Waals surface area contributed by atoms with Gasteiger partial charge in [-0.2, -0.15) is 0 Å². The molecule has 1 aromatic carbocycles. The maximum absolute atomic E-state index is 12.9. The standard InChI is InChI=1S/C22H25N3O2/c1-5-18-14(2)23-21-20-16(17(13-25(18)21)22(26)24(3)4)11-12-19(27-20)15-9-7-6-8-10-15/h6-10,13,19H,5,11-12H2,1-4H3/t19-/m0/s1. The molecule has 5 heteroatoms. The molecule has 1 atom stereocenters. The lowest BCUT2D eigenvalue weighted by molar-refractivity contribution is 0.0823. The SMILES string of the molecule is CCc1c(C)nc2c3c(c(C(=O)N(C)C)cn12)CC[C@@H](c1ccccc1)O3. The van der Waals surface area contributed by atoms with Crippen LogP contribution in [0, 0.1) is 6.92 Å². The average Bonchev–Trinajstić information content (AvgIpc) is 3.02. The van der Waals surface area contributed by atoms with E-state index in [0.717, 1.165) is 53.2 Å². The van der Waals surface area contributed by atoms with Gasteiger partial charge in [-0.25, -0.2) is 4.98 Å². The Hall–Kier alpha value is -2.82. The van der Waals surface area contributed by atoms with Gasteiger partial charge in [0.15, 0.2) is 11.4 Å². The smallest absolute Gasteiger partial charge is 0.255 e. The van der Waals surface area contributed by atoms with Gasteiger partial charge in [-0.05, 0) is 31.7 Å². The second-order valence-corrected chi connectivity index (χ2v) is 7.30. The number of rotatable bonds is 3. The van der Waals surface area contributed by atoms with Crippen molar-refractivity contribution in [3.63, 3.8) is 0 Å². The van der Waals surface area contributed by atoms with Crippen LogP contribution in [-0.2, 0) is 12.8 Å². The number of aromatic nitrogens is 2. The van der Waals surface area contributed by atoms with Crippen molar-refractivity contribution in [1.82, 2.24) is 14.3 Å². The van der Waals surface area contributed by atoms with Crippen LogP contribution in [-0.4, -0.2) is 34.3 Å². The highest BCUT2D eigenvalue weighted by Crippen LogP contribution is 2.40. The number of nitrogens with zero attached hydrogens (tertiary/aromatic N) is 3. The molecule has 5 nitrogen and oxygen atoms in total. The summed E-state index contributed by atoms with van der Waals surface area (Å²) in [7, 11) is 3.57. The van der Waals surface area contributed by atoms with E-state index in [1.54, 1.807) is 19.0 Å². The van der Waals surface area contributed by atoms with Crippen molar-refractivity contribution in [2.75, 3.05) is 14.1 Å². The largest absolute Gasteiger partial charge is 0.481 e. The zero-order chi connectivity index (χ0) is 19.1. The van der Waals surface area contributed by atoms with Crippen LogP contribution in [0.25, 0.3) is 5.65 Å². The molecule has 140 valence electrons. The second-order valence-electron chi connectivity index (χ2n) is 7.30. The van der Waals surface area contributed by atoms with Crippen LogP contribution in [0.1, 0.15) is 52.3 Å². The maximum atomic E-state index is 12.9. The lowest BCUT2D eigenvalue weighted by Gasteiger charge is -2.28. The number of fused-ring (bicyclic) bond motifs is 3. The van der Waals surface area contributed by atoms with Gasteiger partial charge in [-0.3, -0.25) is 9.20 Å². The van der Waals surface area contributed by atoms with E-state index in [0.29, 0.717) is 5.56 Å². The van der Waals surface area contributed by atoms with Crippen molar-refractivity contribution in [2.24, 2.45) is 0 Å². The Labute approximate surface area is 159 Å². The zero-order valence-electron chi connectivity index (χ0n) is 16.3. The number of amides is 1. The molecule has 0 saturated carbocycles. The van der Waals surface area contributed by atoms with E-state index in [9.17, 15) is 4.79 Å². The monoisotopic (exact) mass is 363 g/mol. The van der Waals surface area contributed by atoms with E-state index >= 15 is 0 Å². The van der Waals surface area contributed by atoms with Crippen molar-refractivity contribution >= 4 is 11.6 Å². The molecule has 0 unspecified atom stereocenters. The maximum Gasteiger partial charge on any atom is 0.255 e. The fourth-order valence-electron chi connectivity index (χ4n) is 3.95. The highest BCUT2D eigenvalue weighted by atomic mass is 16.5. The van der Waals surface area contributed by atoms with E-state index in [4.69, 9.17) is 9.72 Å². The van der Waals surface area contributed by atoms with E-state index in [-0.39, 0.29) is 12.0 Å². The third-order valence-electron chi connectivity index (χ3n) is 5.33. The number of aryl methyl sites for hydroxylation is 2. The molecular formula is C22H25N3O2. The summed E-state index contributed by atoms with van der Waals surface area (Å²) in [6, 6.07) is 10.3. The third-order valence-corrected chi connectivity index (χ3v) is 5.33. The fourth-order valence-corrected chi connectivity index (χ4v) is 3.95. The summed E-state index contributed by atoms with van der Waals surface area (Å²) in [5.41, 5.74) is 5.76. The zero-order valence-corrected chi connectivity index (χ0v) is 16.3. The van der Waals surface area contributed by atoms with Gasteiger partial charge >= 0.3 is 0 Å². The van der Waals surface area contributed by atoms with Gasteiger partial charge in [0.25, 0.3) is 5.91 Å². The second kappa shape index (κ2) is 6.72. The lowest BCUT2D eigenvalue weighted by atomic mass is 9.95. The highest BCUT2D eigenvalue weighted by molar-refractivity contribution is 5.96. The third kappa shape index (κ3) is 2.87. The molecule has 0 radical (unpaired) electrons. The number of carbonyl (C=O) groups excluding carboxylic acids is 1. The first-order valence-corrected chi connectivity index (χ1v) is 9.48. The number of pyridine rings is 1. The first-order chi connectivity index (χ1) is 13.0. The highest BCUT2D eigenvalue weighted by Gasteiger charge is 2.30. The Kier molecular flexibility index (Phi) is 4.38. The number of carbonyl (C=O) groups is 1. The predicted molar refractivity (Wildman–Crippen MR) is 105 cm³/mol. The molecule has 1 aliphatic rings. The molecule has 3 aromatic rings. The Bertz CT molecular complexity index is 1010. The molecule has 0 fully saturated rings. The fraction of sp³-hybridized carbons (Fsp3) is 0.364. The van der Waals surface area contributed by atoms with Crippen molar-refractivity contribution in [2.45, 2.75) is 39.2 Å². The summed E-state index contributed by atoms with van der Waals surface area (Å²) in [6.45, 7) is 4.13. The van der Waals surface area contributed by atoms with Gasteiger partial charge in [0.2, 0.25) is 0 Å². The number of benzene rings is 1. The summed E-state index contributed by atoms with van der Waals surface area (Å²) in [4.78, 5) is 19.3. The van der Waals surface area contributed by atoms with Crippen LogP contribution in [0.4, 0.5) is 0 Å². The summed E-state index contributed by atoms with van der Waals surface area (Å²) in [6.07, 6.45) is 4.43. The number of hydrogen-bond donors (Lipinski definition) is 0. The van der Waals surface area contributed by atoms with Crippen molar-refractivity contribution in [3.8, 4) is 5.75 Å². The Balaban J connectivity index is 1.92. The number of imidazole rings is 1. The van der Waals surface area contributed by atoms with Crippen LogP contribution >= 0.6 is 0 Å². The van der Waals surface area contributed by atoms with Crippen LogP contribution in [0.15, 0.2) is 36.5 Å². The van der Waals surface area contributed by atoms with Crippen LogP contribution in [0.2, 0.25) is 0 Å². The average molecular weight is 363 g/mol. The minimum atomic E-state index is -0.0192. The summed E-state index contributed by atoms with van der Waals surface area (Å²) in [5, 5.41) is 0. The van der Waals surface area contributed by atoms with Gasteiger partial charge in [0.1, 0.15) is 6.10 Å². The van der Waals surface area contributed by atoms with Crippen LogP contribution < -0.4 is 4.74 Å². The van der Waals surface area contributed by atoms with Crippen molar-refractivity contribution < 1.29 is 9.53 Å². The van der Waals surface area contributed by atoms with Gasteiger partial charge in [-0.15, -0.1) is 0 Å². The Morgan fingerprint density at radius 1 is 1.30 bits per heavy atom. The quantitative estimate of drug-likeness (QED) is 0.707. The molecule has 0 spiro atoms. The van der Waals surface area contributed by atoms with Crippen molar-refractivity contribution in [3.05, 3.63) is 64.6 Å². The van der Waals surface area contributed by atoms with Gasteiger partial charge < -0.3 is 9.64 Å². The molecule has 2 aromatic heterocycles.